The lowest BCUT2D eigenvalue weighted by molar-refractivity contribution is 0.627. The third-order valence-corrected chi connectivity index (χ3v) is 4.09. The first-order chi connectivity index (χ1) is 12.0. The van der Waals surface area contributed by atoms with E-state index >= 15 is 0 Å². The number of benzene rings is 2. The van der Waals surface area contributed by atoms with Gasteiger partial charge in [-0.15, -0.1) is 0 Å². The summed E-state index contributed by atoms with van der Waals surface area (Å²) in [5.41, 5.74) is 4.44. The van der Waals surface area contributed by atoms with Crippen LogP contribution in [-0.4, -0.2) is 9.97 Å². The molecule has 25 heavy (non-hydrogen) atoms. The first-order valence-corrected chi connectivity index (χ1v) is 8.18. The van der Waals surface area contributed by atoms with Gasteiger partial charge in [0.15, 0.2) is 0 Å². The number of anilines is 3. The summed E-state index contributed by atoms with van der Waals surface area (Å²) in [4.78, 5) is 8.87. The van der Waals surface area contributed by atoms with Crippen LogP contribution in [0.15, 0.2) is 48.5 Å². The van der Waals surface area contributed by atoms with E-state index in [-0.39, 0.29) is 5.82 Å². The minimum atomic E-state index is -0.235. The normalized spacial score (nSPS) is 10.6. The van der Waals surface area contributed by atoms with E-state index in [1.807, 2.05) is 25.1 Å². The molecular formula is C20H21FN4. The maximum absolute atomic E-state index is 13.0. The summed E-state index contributed by atoms with van der Waals surface area (Å²) in [5, 5.41) is 6.62. The number of aromatic nitrogens is 2. The molecule has 2 N–H and O–H groups in total. The zero-order chi connectivity index (χ0) is 17.8. The summed E-state index contributed by atoms with van der Waals surface area (Å²) in [5.74, 6) is 1.91. The van der Waals surface area contributed by atoms with Gasteiger partial charge in [0.1, 0.15) is 23.3 Å². The van der Waals surface area contributed by atoms with Gasteiger partial charge in [-0.25, -0.2) is 14.4 Å². The fourth-order valence-corrected chi connectivity index (χ4v) is 2.54. The number of halogens is 1. The lowest BCUT2D eigenvalue weighted by atomic mass is 10.1. The standard InChI is InChI=1S/C20H21FN4/c1-13-5-4-6-18(14(13)2)25-20-11-19(23-15(3)24-20)22-12-16-7-9-17(21)10-8-16/h4-11H,12H2,1-3H3,(H2,22,23,24,25). The highest BCUT2D eigenvalue weighted by Crippen LogP contribution is 2.23. The zero-order valence-corrected chi connectivity index (χ0v) is 14.6. The molecule has 0 bridgehead atoms. The Balaban J connectivity index is 1.76. The van der Waals surface area contributed by atoms with E-state index in [4.69, 9.17) is 0 Å². The summed E-state index contributed by atoms with van der Waals surface area (Å²) in [6.45, 7) is 6.60. The minimum absolute atomic E-state index is 0.235. The van der Waals surface area contributed by atoms with Crippen molar-refractivity contribution in [2.24, 2.45) is 0 Å². The predicted octanol–water partition coefficient (Wildman–Crippen LogP) is 4.90. The van der Waals surface area contributed by atoms with Crippen molar-refractivity contribution in [3.8, 4) is 0 Å². The van der Waals surface area contributed by atoms with Crippen LogP contribution in [0.2, 0.25) is 0 Å². The van der Waals surface area contributed by atoms with Gasteiger partial charge in [0.05, 0.1) is 0 Å². The van der Waals surface area contributed by atoms with Gasteiger partial charge in [0, 0.05) is 18.3 Å². The number of aryl methyl sites for hydroxylation is 2. The van der Waals surface area contributed by atoms with Crippen molar-refractivity contribution in [3.63, 3.8) is 0 Å². The number of nitrogens with zero attached hydrogens (tertiary/aromatic N) is 2. The Bertz CT molecular complexity index is 875. The monoisotopic (exact) mass is 336 g/mol. The number of hydrogen-bond acceptors (Lipinski definition) is 4. The fourth-order valence-electron chi connectivity index (χ4n) is 2.54. The van der Waals surface area contributed by atoms with Crippen molar-refractivity contribution >= 4 is 17.3 Å². The van der Waals surface area contributed by atoms with Gasteiger partial charge in [-0.3, -0.25) is 0 Å². The van der Waals surface area contributed by atoms with E-state index in [1.54, 1.807) is 12.1 Å². The summed E-state index contributed by atoms with van der Waals surface area (Å²) in [6.07, 6.45) is 0. The van der Waals surface area contributed by atoms with Crippen molar-refractivity contribution in [1.29, 1.82) is 0 Å². The Morgan fingerprint density at radius 3 is 2.40 bits per heavy atom. The Hall–Kier alpha value is -2.95. The first-order valence-electron chi connectivity index (χ1n) is 8.18. The van der Waals surface area contributed by atoms with E-state index in [2.05, 4.69) is 40.5 Å². The second-order valence-corrected chi connectivity index (χ2v) is 6.04. The molecule has 0 spiro atoms. The summed E-state index contributed by atoms with van der Waals surface area (Å²) >= 11 is 0. The number of rotatable bonds is 5. The highest BCUT2D eigenvalue weighted by atomic mass is 19.1. The Kier molecular flexibility index (Phi) is 4.93. The molecule has 0 aliphatic rings. The van der Waals surface area contributed by atoms with Crippen LogP contribution >= 0.6 is 0 Å². The maximum Gasteiger partial charge on any atom is 0.136 e. The second-order valence-electron chi connectivity index (χ2n) is 6.04. The third-order valence-electron chi connectivity index (χ3n) is 4.09. The number of nitrogens with one attached hydrogen (secondary N) is 2. The van der Waals surface area contributed by atoms with Crippen molar-refractivity contribution in [3.05, 3.63) is 76.9 Å². The van der Waals surface area contributed by atoms with Crippen LogP contribution in [0.5, 0.6) is 0 Å². The molecule has 1 heterocycles. The lowest BCUT2D eigenvalue weighted by Gasteiger charge is -2.13. The van der Waals surface area contributed by atoms with E-state index in [1.165, 1.54) is 23.3 Å². The first kappa shape index (κ1) is 16.9. The van der Waals surface area contributed by atoms with Gasteiger partial charge in [-0.2, -0.15) is 0 Å². The Labute approximate surface area is 147 Å². The molecule has 0 saturated heterocycles. The van der Waals surface area contributed by atoms with E-state index in [0.717, 1.165) is 22.9 Å². The molecule has 0 atom stereocenters. The van der Waals surface area contributed by atoms with Crippen LogP contribution in [0.4, 0.5) is 21.7 Å². The van der Waals surface area contributed by atoms with Gasteiger partial charge < -0.3 is 10.6 Å². The smallest absolute Gasteiger partial charge is 0.136 e. The average molecular weight is 336 g/mol. The van der Waals surface area contributed by atoms with Crippen LogP contribution < -0.4 is 10.6 Å². The third kappa shape index (κ3) is 4.32. The molecule has 0 fully saturated rings. The largest absolute Gasteiger partial charge is 0.366 e. The van der Waals surface area contributed by atoms with Crippen molar-refractivity contribution < 1.29 is 4.39 Å². The summed E-state index contributed by atoms with van der Waals surface area (Å²) in [7, 11) is 0. The quantitative estimate of drug-likeness (QED) is 0.696. The molecule has 3 aromatic rings. The van der Waals surface area contributed by atoms with Gasteiger partial charge in [-0.05, 0) is 55.7 Å². The molecular weight excluding hydrogens is 315 g/mol. The predicted molar refractivity (Wildman–Crippen MR) is 99.7 cm³/mol. The van der Waals surface area contributed by atoms with E-state index in [0.29, 0.717) is 12.4 Å². The van der Waals surface area contributed by atoms with Gasteiger partial charge >= 0.3 is 0 Å². The molecule has 0 aliphatic heterocycles. The van der Waals surface area contributed by atoms with Gasteiger partial charge in [0.2, 0.25) is 0 Å². The lowest BCUT2D eigenvalue weighted by Crippen LogP contribution is -2.05. The molecule has 0 amide bonds. The molecule has 2 aromatic carbocycles. The molecule has 4 nitrogen and oxygen atoms in total. The fraction of sp³-hybridized carbons (Fsp3) is 0.200. The van der Waals surface area contributed by atoms with Crippen molar-refractivity contribution in [1.82, 2.24) is 9.97 Å². The highest BCUT2D eigenvalue weighted by Gasteiger charge is 2.05. The average Bonchev–Trinajstić information content (AvgIpc) is 2.58. The van der Waals surface area contributed by atoms with Crippen LogP contribution in [-0.2, 0) is 6.54 Å². The molecule has 128 valence electrons. The van der Waals surface area contributed by atoms with Crippen molar-refractivity contribution in [2.45, 2.75) is 27.3 Å². The Morgan fingerprint density at radius 2 is 1.64 bits per heavy atom. The molecule has 0 aliphatic carbocycles. The molecule has 5 heteroatoms. The Morgan fingerprint density at radius 1 is 0.920 bits per heavy atom. The molecule has 0 radical (unpaired) electrons. The summed E-state index contributed by atoms with van der Waals surface area (Å²) in [6, 6.07) is 14.4. The van der Waals surface area contributed by atoms with Crippen molar-refractivity contribution in [2.75, 3.05) is 10.6 Å². The topological polar surface area (TPSA) is 49.8 Å². The van der Waals surface area contributed by atoms with Crippen LogP contribution in [0.1, 0.15) is 22.5 Å². The second kappa shape index (κ2) is 7.30. The van der Waals surface area contributed by atoms with Crippen LogP contribution in [0.3, 0.4) is 0 Å². The van der Waals surface area contributed by atoms with Crippen LogP contribution in [0, 0.1) is 26.6 Å². The molecule has 3 rings (SSSR count). The maximum atomic E-state index is 13.0. The van der Waals surface area contributed by atoms with E-state index < -0.39 is 0 Å². The van der Waals surface area contributed by atoms with Gasteiger partial charge in [-0.1, -0.05) is 24.3 Å². The molecule has 0 unspecified atom stereocenters. The van der Waals surface area contributed by atoms with Gasteiger partial charge in [0.25, 0.3) is 0 Å². The van der Waals surface area contributed by atoms with E-state index in [9.17, 15) is 4.39 Å². The zero-order valence-electron chi connectivity index (χ0n) is 14.6. The molecule has 1 aromatic heterocycles. The van der Waals surface area contributed by atoms with Crippen LogP contribution in [0.25, 0.3) is 0 Å². The number of hydrogen-bond donors (Lipinski definition) is 2. The summed E-state index contributed by atoms with van der Waals surface area (Å²) < 4.78 is 13.0. The SMILES string of the molecule is Cc1nc(NCc2ccc(F)cc2)cc(Nc2cccc(C)c2C)n1. The minimum Gasteiger partial charge on any atom is -0.366 e. The molecule has 0 saturated carbocycles. The highest BCUT2D eigenvalue weighted by molar-refractivity contribution is 5.63.